The SMILES string of the molecule is CCOC(=O)c1ccc(N=N/C(C(=O)OC)=C(\O)COC)cc1. The van der Waals surface area contributed by atoms with Crippen LogP contribution >= 0.6 is 0 Å². The van der Waals surface area contributed by atoms with Gasteiger partial charge in [-0.05, 0) is 31.2 Å². The predicted octanol–water partition coefficient (Wildman–Crippen LogP) is 2.54. The molecular formula is C15H18N2O6. The number of azo groups is 1. The Bertz CT molecular complexity index is 607. The Hall–Kier alpha value is -2.74. The second kappa shape index (κ2) is 9.31. The Labute approximate surface area is 133 Å². The number of benzene rings is 1. The van der Waals surface area contributed by atoms with Gasteiger partial charge in [-0.1, -0.05) is 0 Å². The van der Waals surface area contributed by atoms with Gasteiger partial charge in [0, 0.05) is 7.11 Å². The Kier molecular flexibility index (Phi) is 7.41. The number of hydrogen-bond acceptors (Lipinski definition) is 8. The molecule has 0 saturated heterocycles. The van der Waals surface area contributed by atoms with Crippen molar-refractivity contribution >= 4 is 17.6 Å². The van der Waals surface area contributed by atoms with Gasteiger partial charge >= 0.3 is 11.9 Å². The number of nitrogens with zero attached hydrogens (tertiary/aromatic N) is 2. The molecule has 0 unspecified atom stereocenters. The maximum Gasteiger partial charge on any atom is 0.362 e. The van der Waals surface area contributed by atoms with Crippen LogP contribution in [0.3, 0.4) is 0 Å². The molecule has 0 saturated carbocycles. The third-order valence-electron chi connectivity index (χ3n) is 2.58. The molecule has 23 heavy (non-hydrogen) atoms. The van der Waals surface area contributed by atoms with Gasteiger partial charge in [0.25, 0.3) is 0 Å². The molecule has 8 heteroatoms. The molecule has 124 valence electrons. The number of aliphatic hydroxyl groups is 1. The highest BCUT2D eigenvalue weighted by molar-refractivity contribution is 5.90. The van der Waals surface area contributed by atoms with Gasteiger partial charge in [-0.2, -0.15) is 5.11 Å². The van der Waals surface area contributed by atoms with Crippen LogP contribution in [0.4, 0.5) is 5.69 Å². The van der Waals surface area contributed by atoms with Crippen LogP contribution in [0.2, 0.25) is 0 Å². The van der Waals surface area contributed by atoms with Gasteiger partial charge in [-0.3, -0.25) is 0 Å². The minimum atomic E-state index is -0.841. The first-order valence-corrected chi connectivity index (χ1v) is 6.71. The molecule has 0 aliphatic carbocycles. The molecule has 1 rings (SSSR count). The van der Waals surface area contributed by atoms with Crippen molar-refractivity contribution < 1.29 is 28.9 Å². The molecule has 0 aliphatic heterocycles. The van der Waals surface area contributed by atoms with Gasteiger partial charge in [0.05, 0.1) is 25.0 Å². The standard InChI is InChI=1S/C15H18N2O6/c1-4-23-14(19)10-5-7-11(8-6-10)16-17-13(15(20)22-3)12(18)9-21-2/h5-8,18H,4,9H2,1-3H3/b13-12-,17-16?. The summed E-state index contributed by atoms with van der Waals surface area (Å²) in [5, 5.41) is 17.2. The highest BCUT2D eigenvalue weighted by Gasteiger charge is 2.15. The van der Waals surface area contributed by atoms with Gasteiger partial charge in [-0.15, -0.1) is 5.11 Å². The third kappa shape index (κ3) is 5.51. The topological polar surface area (TPSA) is 107 Å². The Morgan fingerprint density at radius 1 is 1.17 bits per heavy atom. The van der Waals surface area contributed by atoms with Crippen molar-refractivity contribution in [2.24, 2.45) is 10.2 Å². The molecule has 0 amide bonds. The van der Waals surface area contributed by atoms with Crippen LogP contribution in [-0.2, 0) is 19.0 Å². The van der Waals surface area contributed by atoms with Crippen molar-refractivity contribution in [3.8, 4) is 0 Å². The van der Waals surface area contributed by atoms with Crippen LogP contribution in [-0.4, -0.2) is 44.5 Å². The molecule has 0 aromatic heterocycles. The molecule has 0 spiro atoms. The first-order chi connectivity index (χ1) is 11.0. The third-order valence-corrected chi connectivity index (χ3v) is 2.58. The summed E-state index contributed by atoms with van der Waals surface area (Å²) < 4.78 is 14.1. The van der Waals surface area contributed by atoms with Gasteiger partial charge in [0.1, 0.15) is 6.61 Å². The molecule has 0 fully saturated rings. The van der Waals surface area contributed by atoms with Crippen molar-refractivity contribution in [1.29, 1.82) is 0 Å². The van der Waals surface area contributed by atoms with Crippen molar-refractivity contribution in [3.05, 3.63) is 41.3 Å². The van der Waals surface area contributed by atoms with E-state index in [0.29, 0.717) is 11.3 Å². The molecule has 0 bridgehead atoms. The maximum atomic E-state index is 11.6. The second-order valence-corrected chi connectivity index (χ2v) is 4.19. The number of esters is 2. The summed E-state index contributed by atoms with van der Waals surface area (Å²) in [4.78, 5) is 23.1. The number of aliphatic hydroxyl groups excluding tert-OH is 1. The fraction of sp³-hybridized carbons (Fsp3) is 0.333. The van der Waals surface area contributed by atoms with Gasteiger partial charge < -0.3 is 19.3 Å². The van der Waals surface area contributed by atoms with Crippen molar-refractivity contribution in [1.82, 2.24) is 0 Å². The second-order valence-electron chi connectivity index (χ2n) is 4.19. The van der Waals surface area contributed by atoms with E-state index in [-0.39, 0.29) is 18.9 Å². The zero-order valence-corrected chi connectivity index (χ0v) is 13.1. The van der Waals surface area contributed by atoms with Crippen molar-refractivity contribution in [2.75, 3.05) is 27.4 Å². The lowest BCUT2D eigenvalue weighted by atomic mass is 10.2. The van der Waals surface area contributed by atoms with E-state index in [1.807, 2.05) is 0 Å². The molecule has 0 aliphatic rings. The molecule has 0 radical (unpaired) electrons. The summed E-state index contributed by atoms with van der Waals surface area (Å²) in [5.41, 5.74) is 0.394. The lowest BCUT2D eigenvalue weighted by molar-refractivity contribution is -0.136. The lowest BCUT2D eigenvalue weighted by Gasteiger charge is -2.03. The number of ether oxygens (including phenoxy) is 3. The largest absolute Gasteiger partial charge is 0.507 e. The van der Waals surface area contributed by atoms with Crippen molar-refractivity contribution in [2.45, 2.75) is 6.92 Å². The molecule has 1 aromatic rings. The number of rotatable bonds is 7. The smallest absolute Gasteiger partial charge is 0.362 e. The van der Waals surface area contributed by atoms with E-state index >= 15 is 0 Å². The van der Waals surface area contributed by atoms with Gasteiger partial charge in [-0.25, -0.2) is 9.59 Å². The van der Waals surface area contributed by atoms with Gasteiger partial charge in [0.15, 0.2) is 5.76 Å². The molecular weight excluding hydrogens is 304 g/mol. The van der Waals surface area contributed by atoms with E-state index in [1.54, 1.807) is 6.92 Å². The Balaban J connectivity index is 2.95. The summed E-state index contributed by atoms with van der Waals surface area (Å²) >= 11 is 0. The van der Waals surface area contributed by atoms with Crippen LogP contribution in [0, 0.1) is 0 Å². The summed E-state index contributed by atoms with van der Waals surface area (Å²) in [6.45, 7) is 1.80. The number of carbonyl (C=O) groups excluding carboxylic acids is 2. The van der Waals surface area contributed by atoms with E-state index in [0.717, 1.165) is 7.11 Å². The normalized spacial score (nSPS) is 12.0. The fourth-order valence-corrected chi connectivity index (χ4v) is 1.50. The quantitative estimate of drug-likeness (QED) is 0.358. The van der Waals surface area contributed by atoms with Crippen LogP contribution in [0.1, 0.15) is 17.3 Å². The van der Waals surface area contributed by atoms with E-state index < -0.39 is 17.7 Å². The zero-order valence-electron chi connectivity index (χ0n) is 13.1. The molecule has 0 heterocycles. The average Bonchev–Trinajstić information content (AvgIpc) is 2.55. The van der Waals surface area contributed by atoms with E-state index in [2.05, 4.69) is 15.0 Å². The van der Waals surface area contributed by atoms with E-state index in [9.17, 15) is 14.7 Å². The fourth-order valence-electron chi connectivity index (χ4n) is 1.50. The molecule has 8 nitrogen and oxygen atoms in total. The molecule has 0 atom stereocenters. The van der Waals surface area contributed by atoms with Gasteiger partial charge in [0.2, 0.25) is 5.70 Å². The Morgan fingerprint density at radius 2 is 1.83 bits per heavy atom. The van der Waals surface area contributed by atoms with E-state index in [1.165, 1.54) is 31.4 Å². The van der Waals surface area contributed by atoms with Crippen LogP contribution < -0.4 is 0 Å². The summed E-state index contributed by atoms with van der Waals surface area (Å²) in [5.74, 6) is -1.68. The first-order valence-electron chi connectivity index (χ1n) is 6.71. The summed E-state index contributed by atoms with van der Waals surface area (Å²) in [6, 6.07) is 6.09. The number of carbonyl (C=O) groups is 2. The number of methoxy groups -OCH3 is 2. The van der Waals surface area contributed by atoms with Crippen LogP contribution in [0.5, 0.6) is 0 Å². The monoisotopic (exact) mass is 322 g/mol. The minimum Gasteiger partial charge on any atom is -0.507 e. The minimum absolute atomic E-state index is 0.203. The average molecular weight is 322 g/mol. The Morgan fingerprint density at radius 3 is 2.35 bits per heavy atom. The van der Waals surface area contributed by atoms with E-state index in [4.69, 9.17) is 9.47 Å². The van der Waals surface area contributed by atoms with Crippen LogP contribution in [0.15, 0.2) is 46.0 Å². The maximum absolute atomic E-state index is 11.6. The first kappa shape index (κ1) is 18.3. The summed E-state index contributed by atoms with van der Waals surface area (Å²) in [6.07, 6.45) is 0. The highest BCUT2D eigenvalue weighted by Crippen LogP contribution is 2.17. The molecule has 1 aromatic carbocycles. The summed E-state index contributed by atoms with van der Waals surface area (Å²) in [7, 11) is 2.52. The zero-order chi connectivity index (χ0) is 17.2. The molecule has 1 N–H and O–H groups in total. The lowest BCUT2D eigenvalue weighted by Crippen LogP contribution is -2.08. The predicted molar refractivity (Wildman–Crippen MR) is 80.5 cm³/mol. The van der Waals surface area contributed by atoms with Crippen LogP contribution in [0.25, 0.3) is 0 Å². The number of hydrogen-bond donors (Lipinski definition) is 1. The highest BCUT2D eigenvalue weighted by atomic mass is 16.5. The van der Waals surface area contributed by atoms with Crippen molar-refractivity contribution in [3.63, 3.8) is 0 Å².